The Labute approximate surface area is 56.0 Å². The van der Waals surface area contributed by atoms with Crippen molar-refractivity contribution in [1.82, 2.24) is 5.12 Å². The van der Waals surface area contributed by atoms with Crippen LogP contribution in [0.25, 0.3) is 0 Å². The lowest BCUT2D eigenvalue weighted by atomic mass is 11.0. The third kappa shape index (κ3) is 19.2. The minimum atomic E-state index is 1.10. The molecule has 0 unspecified atom stereocenters. The van der Waals surface area contributed by atoms with Crippen molar-refractivity contribution in [1.29, 1.82) is 0 Å². The molecule has 0 spiro atoms. The molecule has 0 aliphatic heterocycles. The Morgan fingerprint density at radius 2 is 2.00 bits per heavy atom. The van der Waals surface area contributed by atoms with Gasteiger partial charge >= 0.3 is 0 Å². The van der Waals surface area contributed by atoms with Crippen LogP contribution in [0.1, 0.15) is 13.8 Å². The Bertz CT molecular complexity index is 77.0. The van der Waals surface area contributed by atoms with Gasteiger partial charge in [0.25, 0.3) is 0 Å². The van der Waals surface area contributed by atoms with Gasteiger partial charge < -0.3 is 0 Å². The van der Waals surface area contributed by atoms with E-state index in [0.717, 1.165) is 5.12 Å². The quantitative estimate of drug-likeness (QED) is 0.348. The van der Waals surface area contributed by atoms with Gasteiger partial charge in [-0.15, -0.1) is 5.11 Å². The van der Waals surface area contributed by atoms with Crippen LogP contribution in [0.4, 0.5) is 0 Å². The minimum absolute atomic E-state index is 1.10. The lowest BCUT2D eigenvalue weighted by Crippen LogP contribution is -2.17. The third-order valence-corrected chi connectivity index (χ3v) is 0.274. The molecule has 0 amide bonds. The Morgan fingerprint density at radius 1 is 1.56 bits per heavy atom. The van der Waals surface area contributed by atoms with Crippen LogP contribution in [-0.4, -0.2) is 12.2 Å². The van der Waals surface area contributed by atoms with Crippen molar-refractivity contribution in [3.05, 3.63) is 12.8 Å². The van der Waals surface area contributed by atoms with Gasteiger partial charge in [-0.05, 0) is 0 Å². The zero-order valence-electron chi connectivity index (χ0n) is 6.20. The number of nitrogens with zero attached hydrogens (tertiary/aromatic N) is 3. The van der Waals surface area contributed by atoms with Crippen LogP contribution in [0, 0.1) is 0 Å². The fourth-order valence-corrected chi connectivity index (χ4v) is 0.118. The van der Waals surface area contributed by atoms with E-state index in [1.165, 1.54) is 6.20 Å². The predicted octanol–water partition coefficient (Wildman–Crippen LogP) is 1.33. The summed E-state index contributed by atoms with van der Waals surface area (Å²) in [6.45, 7) is 7.29. The maximum atomic E-state index is 5.00. The molecule has 0 fully saturated rings. The Kier molecular flexibility index (Phi) is 12.4. The van der Waals surface area contributed by atoms with Gasteiger partial charge in [-0.25, -0.2) is 11.0 Å². The molecule has 2 N–H and O–H groups in total. The SMILES string of the molecule is C=CN=NN(C)N.CC. The van der Waals surface area contributed by atoms with E-state index in [1.807, 2.05) is 13.8 Å². The second-order valence-corrected chi connectivity index (χ2v) is 0.961. The highest BCUT2D eigenvalue weighted by atomic mass is 15.7. The number of rotatable bonds is 2. The first-order valence-electron chi connectivity index (χ1n) is 2.77. The molecule has 0 saturated heterocycles. The fourth-order valence-electron chi connectivity index (χ4n) is 0.118. The molecule has 4 heteroatoms. The first-order valence-corrected chi connectivity index (χ1v) is 2.77. The summed E-state index contributed by atoms with van der Waals surface area (Å²) in [5.41, 5.74) is 0. The molecular formula is C5H14N4. The van der Waals surface area contributed by atoms with E-state index in [9.17, 15) is 0 Å². The van der Waals surface area contributed by atoms with Crippen molar-refractivity contribution in [2.24, 2.45) is 16.2 Å². The molecule has 0 aliphatic carbocycles. The first kappa shape index (κ1) is 11.0. The molecule has 0 bridgehead atoms. The Hall–Kier alpha value is -0.900. The van der Waals surface area contributed by atoms with Crippen LogP contribution in [0.2, 0.25) is 0 Å². The molecule has 0 aromatic heterocycles. The minimum Gasteiger partial charge on any atom is -0.230 e. The molecule has 4 nitrogen and oxygen atoms in total. The fraction of sp³-hybridized carbons (Fsp3) is 0.600. The average molecular weight is 130 g/mol. The molecule has 9 heavy (non-hydrogen) atoms. The second kappa shape index (κ2) is 10.2. The molecule has 54 valence electrons. The molecule has 0 heterocycles. The molecule has 0 saturated carbocycles. The second-order valence-electron chi connectivity index (χ2n) is 0.961. The van der Waals surface area contributed by atoms with Crippen molar-refractivity contribution in [3.63, 3.8) is 0 Å². The van der Waals surface area contributed by atoms with E-state index >= 15 is 0 Å². The molecule has 0 aliphatic rings. The van der Waals surface area contributed by atoms with E-state index in [0.29, 0.717) is 0 Å². The lowest BCUT2D eigenvalue weighted by Gasteiger charge is -1.96. The van der Waals surface area contributed by atoms with Crippen LogP contribution in [0.5, 0.6) is 0 Å². The van der Waals surface area contributed by atoms with E-state index in [-0.39, 0.29) is 0 Å². The molecule has 0 rings (SSSR count). The molecule has 0 aromatic carbocycles. The van der Waals surface area contributed by atoms with E-state index in [4.69, 9.17) is 5.84 Å². The van der Waals surface area contributed by atoms with Crippen molar-refractivity contribution >= 4 is 0 Å². The van der Waals surface area contributed by atoms with Crippen molar-refractivity contribution in [3.8, 4) is 0 Å². The maximum Gasteiger partial charge on any atom is 0.0441 e. The third-order valence-electron chi connectivity index (χ3n) is 0.274. The topological polar surface area (TPSA) is 54.0 Å². The van der Waals surface area contributed by atoms with Crippen LogP contribution in [-0.2, 0) is 0 Å². The smallest absolute Gasteiger partial charge is 0.0441 e. The predicted molar refractivity (Wildman–Crippen MR) is 38.4 cm³/mol. The van der Waals surface area contributed by atoms with Gasteiger partial charge in [0.05, 0.1) is 0 Å². The van der Waals surface area contributed by atoms with E-state index < -0.39 is 0 Å². The lowest BCUT2D eigenvalue weighted by molar-refractivity contribution is 0.346. The van der Waals surface area contributed by atoms with Crippen LogP contribution < -0.4 is 5.84 Å². The van der Waals surface area contributed by atoms with Crippen molar-refractivity contribution in [2.75, 3.05) is 7.05 Å². The standard InChI is InChI=1S/C3H8N4.C2H6/c1-3-5-6-7(2)4;1-2/h3H,1,4H2,2H3;1-2H3. The first-order chi connectivity index (χ1) is 4.27. The van der Waals surface area contributed by atoms with Gasteiger partial charge in [-0.3, -0.25) is 0 Å². The number of hydrogen-bond donors (Lipinski definition) is 1. The molecular weight excluding hydrogens is 116 g/mol. The summed E-state index contributed by atoms with van der Waals surface area (Å²) in [6, 6.07) is 0. The number of hydrogen-bond acceptors (Lipinski definition) is 3. The summed E-state index contributed by atoms with van der Waals surface area (Å²) in [7, 11) is 1.58. The summed E-state index contributed by atoms with van der Waals surface area (Å²) >= 11 is 0. The highest BCUT2D eigenvalue weighted by Gasteiger charge is 1.69. The van der Waals surface area contributed by atoms with Gasteiger partial charge in [0.2, 0.25) is 0 Å². The van der Waals surface area contributed by atoms with Crippen molar-refractivity contribution < 1.29 is 0 Å². The average Bonchev–Trinajstić information content (AvgIpc) is 1.88. The van der Waals surface area contributed by atoms with Crippen molar-refractivity contribution in [2.45, 2.75) is 13.8 Å². The van der Waals surface area contributed by atoms with Gasteiger partial charge in [-0.1, -0.05) is 25.6 Å². The van der Waals surface area contributed by atoms with Gasteiger partial charge in [0.1, 0.15) is 0 Å². The normalized spacial score (nSPS) is 8.00. The van der Waals surface area contributed by atoms with Crippen LogP contribution in [0.15, 0.2) is 23.1 Å². The molecule has 0 radical (unpaired) electrons. The molecule has 0 aromatic rings. The largest absolute Gasteiger partial charge is 0.230 e. The van der Waals surface area contributed by atoms with Gasteiger partial charge in [0, 0.05) is 13.2 Å². The summed E-state index contributed by atoms with van der Waals surface area (Å²) in [5.74, 6) is 5.00. The van der Waals surface area contributed by atoms with Crippen LogP contribution >= 0.6 is 0 Å². The Balaban J connectivity index is 0. The molecule has 0 atom stereocenters. The summed E-state index contributed by atoms with van der Waals surface area (Å²) in [6.07, 6.45) is 1.31. The zero-order valence-corrected chi connectivity index (χ0v) is 6.20. The van der Waals surface area contributed by atoms with E-state index in [2.05, 4.69) is 16.9 Å². The highest BCUT2D eigenvalue weighted by molar-refractivity contribution is 4.55. The van der Waals surface area contributed by atoms with Gasteiger partial charge in [0.15, 0.2) is 0 Å². The monoisotopic (exact) mass is 130 g/mol. The van der Waals surface area contributed by atoms with Crippen LogP contribution in [0.3, 0.4) is 0 Å². The summed E-state index contributed by atoms with van der Waals surface area (Å²) < 4.78 is 0. The number of nitrogens with two attached hydrogens (primary N) is 1. The van der Waals surface area contributed by atoms with E-state index in [1.54, 1.807) is 7.05 Å². The maximum absolute atomic E-state index is 5.00. The number of hydrazine groups is 1. The zero-order chi connectivity index (χ0) is 7.70. The summed E-state index contributed by atoms with van der Waals surface area (Å²) in [4.78, 5) is 0. The van der Waals surface area contributed by atoms with Gasteiger partial charge in [-0.2, -0.15) is 0 Å². The Morgan fingerprint density at radius 3 is 2.11 bits per heavy atom. The summed E-state index contributed by atoms with van der Waals surface area (Å²) in [5, 5.41) is 7.82. The highest BCUT2D eigenvalue weighted by Crippen LogP contribution is 1.73.